The number of amidine groups is 1. The largest absolute Gasteiger partial charge is 0.360 e. The lowest BCUT2D eigenvalue weighted by Gasteiger charge is -2.38. The molecule has 0 bridgehead atoms. The Morgan fingerprint density at radius 1 is 1.16 bits per heavy atom. The molecule has 0 aromatic heterocycles. The molecule has 1 heterocycles. The lowest BCUT2D eigenvalue weighted by molar-refractivity contribution is 0.266. The molecular formula is C16H30N2S. The molecule has 1 fully saturated rings. The summed E-state index contributed by atoms with van der Waals surface area (Å²) in [7, 11) is 0. The Labute approximate surface area is 123 Å². The molecular weight excluding hydrogens is 252 g/mol. The molecule has 0 saturated heterocycles. The maximum Gasteiger partial charge on any atom is 0.157 e. The highest BCUT2D eigenvalue weighted by Crippen LogP contribution is 2.35. The fourth-order valence-corrected chi connectivity index (χ4v) is 4.97. The van der Waals surface area contributed by atoms with E-state index in [0.717, 1.165) is 12.3 Å². The Bertz CT molecular complexity index is 341. The third-order valence-corrected chi connectivity index (χ3v) is 5.08. The van der Waals surface area contributed by atoms with Crippen LogP contribution in [0.2, 0.25) is 0 Å². The smallest absolute Gasteiger partial charge is 0.157 e. The van der Waals surface area contributed by atoms with Gasteiger partial charge in [0, 0.05) is 11.3 Å². The molecule has 3 heteroatoms. The summed E-state index contributed by atoms with van der Waals surface area (Å²) >= 11 is 1.94. The summed E-state index contributed by atoms with van der Waals surface area (Å²) in [6.45, 7) is 11.5. The monoisotopic (exact) mass is 282 g/mol. The van der Waals surface area contributed by atoms with Crippen LogP contribution in [0.4, 0.5) is 0 Å². The van der Waals surface area contributed by atoms with Crippen molar-refractivity contribution in [3.8, 4) is 0 Å². The fourth-order valence-electron chi connectivity index (χ4n) is 3.65. The highest BCUT2D eigenvalue weighted by Gasteiger charge is 2.32. The van der Waals surface area contributed by atoms with Crippen LogP contribution in [-0.2, 0) is 0 Å². The Kier molecular flexibility index (Phi) is 4.54. The highest BCUT2D eigenvalue weighted by molar-refractivity contribution is 8.13. The summed E-state index contributed by atoms with van der Waals surface area (Å²) < 4.78 is 0. The molecule has 2 unspecified atom stereocenters. The zero-order valence-corrected chi connectivity index (χ0v) is 14.1. The molecule has 110 valence electrons. The zero-order valence-electron chi connectivity index (χ0n) is 13.3. The second kappa shape index (κ2) is 5.67. The summed E-state index contributed by atoms with van der Waals surface area (Å²) in [4.78, 5) is 4.99. The third-order valence-electron chi connectivity index (χ3n) is 4.00. The van der Waals surface area contributed by atoms with Crippen molar-refractivity contribution in [3.63, 3.8) is 0 Å². The van der Waals surface area contributed by atoms with Crippen molar-refractivity contribution >= 4 is 16.9 Å². The average molecular weight is 282 g/mol. The number of fused-ring (bicyclic) bond motifs is 1. The summed E-state index contributed by atoms with van der Waals surface area (Å²) in [6, 6.07) is 0.600. The van der Waals surface area contributed by atoms with Crippen molar-refractivity contribution in [1.29, 1.82) is 0 Å². The zero-order chi connectivity index (χ0) is 14.1. The Balaban J connectivity index is 1.97. The molecule has 0 aromatic rings. The molecule has 0 radical (unpaired) electrons. The van der Waals surface area contributed by atoms with E-state index < -0.39 is 0 Å². The second-order valence-electron chi connectivity index (χ2n) is 8.10. The van der Waals surface area contributed by atoms with Crippen molar-refractivity contribution < 1.29 is 0 Å². The standard InChI is InChI=1S/C16H30N2S/c1-15(2,3)11-16(4,5)18-14-17-13-9-7-6-8-12(13)10-19-14/h12-13H,6-11H2,1-5H3,(H,17,18). The topological polar surface area (TPSA) is 24.4 Å². The van der Waals surface area contributed by atoms with E-state index in [2.05, 4.69) is 39.9 Å². The molecule has 0 aromatic carbocycles. The van der Waals surface area contributed by atoms with Gasteiger partial charge < -0.3 is 5.32 Å². The van der Waals surface area contributed by atoms with Crippen molar-refractivity contribution in [1.82, 2.24) is 5.32 Å². The molecule has 2 nitrogen and oxygen atoms in total. The summed E-state index contributed by atoms with van der Waals surface area (Å²) in [6.07, 6.45) is 6.63. The van der Waals surface area contributed by atoms with Crippen LogP contribution in [0.25, 0.3) is 0 Å². The average Bonchev–Trinajstić information content (AvgIpc) is 2.24. The van der Waals surface area contributed by atoms with E-state index in [1.54, 1.807) is 0 Å². The maximum absolute atomic E-state index is 4.99. The number of nitrogens with one attached hydrogen (secondary N) is 1. The van der Waals surface area contributed by atoms with E-state index in [9.17, 15) is 0 Å². The Hall–Kier alpha value is -0.180. The summed E-state index contributed by atoms with van der Waals surface area (Å²) in [5.74, 6) is 2.11. The predicted molar refractivity (Wildman–Crippen MR) is 86.9 cm³/mol. The third kappa shape index (κ3) is 4.70. The molecule has 0 spiro atoms. The summed E-state index contributed by atoms with van der Waals surface area (Å²) in [5, 5.41) is 4.89. The van der Waals surface area contributed by atoms with E-state index in [1.165, 1.54) is 36.6 Å². The van der Waals surface area contributed by atoms with E-state index >= 15 is 0 Å². The predicted octanol–water partition coefficient (Wildman–Crippen LogP) is 4.45. The molecule has 2 rings (SSSR count). The summed E-state index contributed by atoms with van der Waals surface area (Å²) in [5.41, 5.74) is 0.482. The number of rotatable bonds is 2. The number of hydrogen-bond donors (Lipinski definition) is 1. The van der Waals surface area contributed by atoms with Crippen LogP contribution in [-0.4, -0.2) is 22.5 Å². The number of nitrogens with zero attached hydrogens (tertiary/aromatic N) is 1. The van der Waals surface area contributed by atoms with Gasteiger partial charge in [-0.25, -0.2) is 0 Å². The van der Waals surface area contributed by atoms with Gasteiger partial charge >= 0.3 is 0 Å². The van der Waals surface area contributed by atoms with Gasteiger partial charge in [-0.15, -0.1) is 0 Å². The van der Waals surface area contributed by atoms with E-state index in [-0.39, 0.29) is 5.54 Å². The maximum atomic E-state index is 4.99. The molecule has 1 saturated carbocycles. The van der Waals surface area contributed by atoms with Crippen LogP contribution in [0.3, 0.4) is 0 Å². The normalized spacial score (nSPS) is 28.6. The van der Waals surface area contributed by atoms with Gasteiger partial charge in [0.2, 0.25) is 0 Å². The second-order valence-corrected chi connectivity index (χ2v) is 9.11. The lowest BCUT2D eigenvalue weighted by Crippen LogP contribution is -2.47. The van der Waals surface area contributed by atoms with E-state index in [4.69, 9.17) is 4.99 Å². The first kappa shape index (κ1) is 15.2. The van der Waals surface area contributed by atoms with Gasteiger partial charge in [0.1, 0.15) is 0 Å². The van der Waals surface area contributed by atoms with E-state index in [0.29, 0.717) is 11.5 Å². The molecule has 1 aliphatic heterocycles. The SMILES string of the molecule is CC(C)(C)CC(C)(C)NC1=NC2CCCCC2CS1. The van der Waals surface area contributed by atoms with Crippen LogP contribution in [0.15, 0.2) is 4.99 Å². The van der Waals surface area contributed by atoms with Gasteiger partial charge in [-0.3, -0.25) is 4.99 Å². The molecule has 1 N–H and O–H groups in total. The van der Waals surface area contributed by atoms with Gasteiger partial charge in [-0.2, -0.15) is 0 Å². The van der Waals surface area contributed by atoms with Crippen LogP contribution in [0.1, 0.15) is 66.7 Å². The van der Waals surface area contributed by atoms with Gasteiger partial charge in [-0.1, -0.05) is 45.4 Å². The van der Waals surface area contributed by atoms with Crippen molar-refractivity contribution in [2.24, 2.45) is 16.3 Å². The number of aliphatic imine (C=N–C) groups is 1. The Morgan fingerprint density at radius 2 is 1.84 bits per heavy atom. The van der Waals surface area contributed by atoms with Crippen LogP contribution < -0.4 is 5.32 Å². The van der Waals surface area contributed by atoms with Gasteiger partial charge in [0.05, 0.1) is 6.04 Å². The Morgan fingerprint density at radius 3 is 2.53 bits per heavy atom. The number of thioether (sulfide) groups is 1. The minimum Gasteiger partial charge on any atom is -0.360 e. The molecule has 1 aliphatic carbocycles. The lowest BCUT2D eigenvalue weighted by atomic mass is 9.82. The first-order chi connectivity index (χ1) is 8.75. The fraction of sp³-hybridized carbons (Fsp3) is 0.938. The molecule has 19 heavy (non-hydrogen) atoms. The minimum absolute atomic E-state index is 0.131. The van der Waals surface area contributed by atoms with Crippen molar-refractivity contribution in [2.45, 2.75) is 78.3 Å². The highest BCUT2D eigenvalue weighted by atomic mass is 32.2. The van der Waals surface area contributed by atoms with E-state index in [1.807, 2.05) is 11.8 Å². The number of hydrogen-bond acceptors (Lipinski definition) is 3. The molecule has 2 atom stereocenters. The quantitative estimate of drug-likeness (QED) is 0.809. The first-order valence-corrected chi connectivity index (χ1v) is 8.73. The molecule has 2 aliphatic rings. The van der Waals surface area contributed by atoms with Gasteiger partial charge in [0.25, 0.3) is 0 Å². The van der Waals surface area contributed by atoms with Crippen LogP contribution in [0.5, 0.6) is 0 Å². The van der Waals surface area contributed by atoms with Crippen LogP contribution in [0, 0.1) is 11.3 Å². The van der Waals surface area contributed by atoms with Crippen LogP contribution >= 0.6 is 11.8 Å². The van der Waals surface area contributed by atoms with Crippen molar-refractivity contribution in [3.05, 3.63) is 0 Å². The first-order valence-electron chi connectivity index (χ1n) is 7.74. The van der Waals surface area contributed by atoms with Gasteiger partial charge in [-0.05, 0) is 44.4 Å². The minimum atomic E-state index is 0.131. The van der Waals surface area contributed by atoms with Crippen molar-refractivity contribution in [2.75, 3.05) is 5.75 Å². The van der Waals surface area contributed by atoms with Gasteiger partial charge in [0.15, 0.2) is 5.17 Å². The molecule has 0 amide bonds.